The lowest BCUT2D eigenvalue weighted by atomic mass is 9.72. The Bertz CT molecular complexity index is 902. The van der Waals surface area contributed by atoms with Crippen molar-refractivity contribution in [3.05, 3.63) is 58.2 Å². The van der Waals surface area contributed by atoms with Crippen molar-refractivity contribution in [2.75, 3.05) is 19.6 Å². The Morgan fingerprint density at radius 3 is 2.76 bits per heavy atom. The van der Waals surface area contributed by atoms with Crippen LogP contribution in [0.2, 0.25) is 0 Å². The van der Waals surface area contributed by atoms with Gasteiger partial charge >= 0.3 is 0 Å². The van der Waals surface area contributed by atoms with Crippen LogP contribution in [0, 0.1) is 24.6 Å². The van der Waals surface area contributed by atoms with Gasteiger partial charge in [0.1, 0.15) is 12.1 Å². The lowest BCUT2D eigenvalue weighted by Gasteiger charge is -2.40. The highest BCUT2D eigenvalue weighted by atomic mass is 19.1. The average molecular weight is 397 g/mol. The van der Waals surface area contributed by atoms with E-state index in [1.54, 1.807) is 12.1 Å². The van der Waals surface area contributed by atoms with Gasteiger partial charge in [-0.15, -0.1) is 0 Å². The van der Waals surface area contributed by atoms with Gasteiger partial charge in [0.15, 0.2) is 5.78 Å². The van der Waals surface area contributed by atoms with E-state index in [0.717, 1.165) is 67.7 Å². The molecule has 1 unspecified atom stereocenters. The molecule has 4 nitrogen and oxygen atoms in total. The molecular weight excluding hydrogens is 367 g/mol. The molecule has 154 valence electrons. The Kier molecular flexibility index (Phi) is 5.68. The predicted molar refractivity (Wildman–Crippen MR) is 111 cm³/mol. The maximum Gasteiger partial charge on any atom is 0.169 e. The maximum absolute atomic E-state index is 13.3. The molecular formula is C24H29FN2O2. The number of Topliss-reactive ketones (excluding diaryl/α,β-unsaturated/α-hetero) is 1. The number of aromatic nitrogens is 1. The topological polar surface area (TPSA) is 53.2 Å². The maximum atomic E-state index is 13.3. The first kappa shape index (κ1) is 20.0. The third-order valence-electron chi connectivity index (χ3n) is 6.86. The third-order valence-corrected chi connectivity index (χ3v) is 6.86. The molecule has 1 saturated heterocycles. The summed E-state index contributed by atoms with van der Waals surface area (Å²) in [5.41, 5.74) is 5.25. The summed E-state index contributed by atoms with van der Waals surface area (Å²) in [5, 5.41) is 0. The molecule has 2 heterocycles. The number of nitrogens with one attached hydrogen (secondary N) is 1. The Hall–Kier alpha value is -2.27. The number of aldehydes is 1. The third kappa shape index (κ3) is 3.80. The number of hydrogen-bond donors (Lipinski definition) is 1. The van der Waals surface area contributed by atoms with E-state index in [4.69, 9.17) is 0 Å². The van der Waals surface area contributed by atoms with Gasteiger partial charge in [-0.2, -0.15) is 0 Å². The number of halogens is 1. The van der Waals surface area contributed by atoms with E-state index in [-0.39, 0.29) is 17.7 Å². The monoisotopic (exact) mass is 396 g/mol. The highest BCUT2D eigenvalue weighted by Crippen LogP contribution is 2.38. The van der Waals surface area contributed by atoms with Gasteiger partial charge in [0.2, 0.25) is 0 Å². The van der Waals surface area contributed by atoms with E-state index in [1.807, 2.05) is 0 Å². The van der Waals surface area contributed by atoms with E-state index in [0.29, 0.717) is 18.1 Å². The molecule has 2 aliphatic rings. The Balaban J connectivity index is 1.43. The summed E-state index contributed by atoms with van der Waals surface area (Å²) in [7, 11) is 0. The molecule has 4 rings (SSSR count). The summed E-state index contributed by atoms with van der Waals surface area (Å²) in [6, 6.07) is 6.18. The smallest absolute Gasteiger partial charge is 0.169 e. The van der Waals surface area contributed by atoms with Crippen molar-refractivity contribution in [1.29, 1.82) is 0 Å². The number of carbonyl (C=O) groups excluding carboxylic acids is 2. The molecule has 3 atom stereocenters. The van der Waals surface area contributed by atoms with Crippen LogP contribution < -0.4 is 0 Å². The zero-order valence-electron chi connectivity index (χ0n) is 17.2. The summed E-state index contributed by atoms with van der Waals surface area (Å²) >= 11 is 0. The van der Waals surface area contributed by atoms with Crippen molar-refractivity contribution in [3.63, 3.8) is 0 Å². The summed E-state index contributed by atoms with van der Waals surface area (Å²) < 4.78 is 13.2. The Morgan fingerprint density at radius 2 is 2.07 bits per heavy atom. The van der Waals surface area contributed by atoms with Crippen molar-refractivity contribution in [1.82, 2.24) is 9.88 Å². The van der Waals surface area contributed by atoms with Crippen molar-refractivity contribution in [2.24, 2.45) is 11.8 Å². The SMILES string of the molecule is CCc1c(C)[nH]c2c1C(=O)[C@@H]1CN(CCC(C=O)c3ccc(F)cc3)CC[C@H]1C2. The van der Waals surface area contributed by atoms with Crippen molar-refractivity contribution < 1.29 is 14.0 Å². The van der Waals surface area contributed by atoms with Crippen LogP contribution >= 0.6 is 0 Å². The number of fused-ring (bicyclic) bond motifs is 2. The highest BCUT2D eigenvalue weighted by Gasteiger charge is 2.41. The molecule has 1 fully saturated rings. The number of aryl methyl sites for hydroxylation is 1. The van der Waals surface area contributed by atoms with Crippen LogP contribution in [0.15, 0.2) is 24.3 Å². The number of aromatic amines is 1. The molecule has 1 aromatic heterocycles. The van der Waals surface area contributed by atoms with Crippen molar-refractivity contribution in [2.45, 2.75) is 45.4 Å². The summed E-state index contributed by atoms with van der Waals surface area (Å²) in [5.74, 6) is 0.237. The molecule has 0 radical (unpaired) electrons. The minimum Gasteiger partial charge on any atom is -0.362 e. The molecule has 0 saturated carbocycles. The van der Waals surface area contributed by atoms with Crippen molar-refractivity contribution in [3.8, 4) is 0 Å². The van der Waals surface area contributed by atoms with E-state index < -0.39 is 0 Å². The Labute approximate surface area is 171 Å². The van der Waals surface area contributed by atoms with Gasteiger partial charge in [-0.05, 0) is 74.9 Å². The second-order valence-electron chi connectivity index (χ2n) is 8.54. The van der Waals surface area contributed by atoms with Crippen LogP contribution in [0.5, 0.6) is 0 Å². The van der Waals surface area contributed by atoms with Gasteiger partial charge in [-0.25, -0.2) is 4.39 Å². The normalized spacial score (nSPS) is 22.8. The molecule has 1 aliphatic heterocycles. The first-order valence-corrected chi connectivity index (χ1v) is 10.7. The molecule has 0 bridgehead atoms. The van der Waals surface area contributed by atoms with Gasteiger partial charge in [-0.1, -0.05) is 19.1 Å². The summed E-state index contributed by atoms with van der Waals surface area (Å²) in [4.78, 5) is 30.7. The van der Waals surface area contributed by atoms with E-state index >= 15 is 0 Å². The van der Waals surface area contributed by atoms with Crippen LogP contribution in [0.1, 0.15) is 58.6 Å². The van der Waals surface area contributed by atoms with Gasteiger partial charge < -0.3 is 14.7 Å². The number of hydrogen-bond acceptors (Lipinski definition) is 3. The molecule has 1 aliphatic carbocycles. The number of H-pyrrole nitrogens is 1. The average Bonchev–Trinajstić information content (AvgIpc) is 3.05. The number of likely N-dealkylation sites (tertiary alicyclic amines) is 1. The fourth-order valence-electron chi connectivity index (χ4n) is 5.23. The molecule has 0 spiro atoms. The van der Waals surface area contributed by atoms with Gasteiger partial charge in [0.05, 0.1) is 0 Å². The zero-order valence-corrected chi connectivity index (χ0v) is 17.2. The number of piperidine rings is 1. The van der Waals surface area contributed by atoms with Gasteiger partial charge in [0.25, 0.3) is 0 Å². The molecule has 1 aromatic carbocycles. The number of carbonyl (C=O) groups is 2. The lowest BCUT2D eigenvalue weighted by Crippen LogP contribution is -2.47. The first-order valence-electron chi connectivity index (χ1n) is 10.7. The first-order chi connectivity index (χ1) is 14.0. The highest BCUT2D eigenvalue weighted by molar-refractivity contribution is 6.02. The summed E-state index contributed by atoms with van der Waals surface area (Å²) in [6.07, 6.45) is 4.50. The molecule has 0 amide bonds. The number of benzene rings is 1. The molecule has 1 N–H and O–H groups in total. The van der Waals surface area contributed by atoms with Crippen LogP contribution in [-0.2, 0) is 17.6 Å². The predicted octanol–water partition coefficient (Wildman–Crippen LogP) is 4.07. The lowest BCUT2D eigenvalue weighted by molar-refractivity contribution is -0.109. The van der Waals surface area contributed by atoms with Crippen LogP contribution in [-0.4, -0.2) is 41.6 Å². The summed E-state index contributed by atoms with van der Waals surface area (Å²) in [6.45, 7) is 6.68. The van der Waals surface area contributed by atoms with Crippen LogP contribution in [0.25, 0.3) is 0 Å². The number of rotatable bonds is 6. The number of ketones is 1. The fraction of sp³-hybridized carbons (Fsp3) is 0.500. The standard InChI is InChI=1S/C24H29FN2O2/c1-3-20-15(2)26-22-12-17-8-10-27(13-21(17)24(29)23(20)22)11-9-18(14-28)16-4-6-19(25)7-5-16/h4-7,14,17-18,21,26H,3,8-13H2,1-2H3/t17-,18?,21+/m0/s1. The van der Waals surface area contributed by atoms with Crippen molar-refractivity contribution >= 4 is 12.1 Å². The number of nitrogens with zero attached hydrogens (tertiary/aromatic N) is 1. The second kappa shape index (κ2) is 8.23. The molecule has 29 heavy (non-hydrogen) atoms. The largest absolute Gasteiger partial charge is 0.362 e. The van der Waals surface area contributed by atoms with Crippen LogP contribution in [0.4, 0.5) is 4.39 Å². The van der Waals surface area contributed by atoms with E-state index in [9.17, 15) is 14.0 Å². The van der Waals surface area contributed by atoms with E-state index in [1.165, 1.54) is 17.7 Å². The fourth-order valence-corrected chi connectivity index (χ4v) is 5.23. The minimum absolute atomic E-state index is 0.0530. The Morgan fingerprint density at radius 1 is 1.31 bits per heavy atom. The molecule has 5 heteroatoms. The van der Waals surface area contributed by atoms with E-state index in [2.05, 4.69) is 23.7 Å². The van der Waals surface area contributed by atoms with Gasteiger partial charge in [-0.3, -0.25) is 4.79 Å². The van der Waals surface area contributed by atoms with Gasteiger partial charge in [0, 0.05) is 35.3 Å². The zero-order chi connectivity index (χ0) is 20.5. The molecule has 2 aromatic rings. The van der Waals surface area contributed by atoms with Crippen LogP contribution in [0.3, 0.4) is 0 Å². The second-order valence-corrected chi connectivity index (χ2v) is 8.54. The quantitative estimate of drug-likeness (QED) is 0.749. The minimum atomic E-state index is -0.290.